The average molecular weight is 261 g/mol. The fraction of sp³-hybridized carbons (Fsp3) is 0.625. The molecule has 19 heavy (non-hydrogen) atoms. The molecule has 106 valence electrons. The maximum atomic E-state index is 3.34. The summed E-state index contributed by atoms with van der Waals surface area (Å²) in [5, 5.41) is 3.34. The SMILES string of the molecule is CNCC1CN(C)CC(C)(C)N1c1ccc(C)cc1. The van der Waals surface area contributed by atoms with Gasteiger partial charge in [0.05, 0.1) is 6.04 Å². The van der Waals surface area contributed by atoms with Crippen molar-refractivity contribution in [2.24, 2.45) is 0 Å². The normalized spacial score (nSPS) is 23.6. The molecule has 0 saturated carbocycles. The number of nitrogens with zero attached hydrogens (tertiary/aromatic N) is 2. The van der Waals surface area contributed by atoms with Gasteiger partial charge in [-0.25, -0.2) is 0 Å². The van der Waals surface area contributed by atoms with Crippen LogP contribution in [0.3, 0.4) is 0 Å². The minimum absolute atomic E-state index is 0.157. The molecule has 3 heteroatoms. The van der Waals surface area contributed by atoms with Gasteiger partial charge in [0, 0.05) is 30.9 Å². The summed E-state index contributed by atoms with van der Waals surface area (Å²) in [5.74, 6) is 0. The summed E-state index contributed by atoms with van der Waals surface area (Å²) in [6.07, 6.45) is 0. The van der Waals surface area contributed by atoms with Crippen molar-refractivity contribution in [2.75, 3.05) is 38.6 Å². The third-order valence-electron chi connectivity index (χ3n) is 3.95. The van der Waals surface area contributed by atoms with Crippen molar-refractivity contribution in [3.63, 3.8) is 0 Å². The number of anilines is 1. The Kier molecular flexibility index (Phi) is 4.16. The summed E-state index contributed by atoms with van der Waals surface area (Å²) in [6, 6.07) is 9.44. The topological polar surface area (TPSA) is 18.5 Å². The van der Waals surface area contributed by atoms with Gasteiger partial charge in [-0.2, -0.15) is 0 Å². The number of likely N-dealkylation sites (N-methyl/N-ethyl adjacent to an activating group) is 2. The molecule has 1 unspecified atom stereocenters. The molecule has 1 N–H and O–H groups in total. The number of aryl methyl sites for hydroxylation is 1. The first-order valence-corrected chi connectivity index (χ1v) is 7.13. The average Bonchev–Trinajstić information content (AvgIpc) is 2.30. The third-order valence-corrected chi connectivity index (χ3v) is 3.95. The van der Waals surface area contributed by atoms with Crippen LogP contribution >= 0.6 is 0 Å². The summed E-state index contributed by atoms with van der Waals surface area (Å²) in [6.45, 7) is 10.0. The molecule has 0 radical (unpaired) electrons. The summed E-state index contributed by atoms with van der Waals surface area (Å²) in [4.78, 5) is 5.02. The molecule has 1 fully saturated rings. The monoisotopic (exact) mass is 261 g/mol. The first kappa shape index (κ1) is 14.4. The van der Waals surface area contributed by atoms with E-state index in [0.717, 1.165) is 19.6 Å². The summed E-state index contributed by atoms with van der Waals surface area (Å²) in [5.41, 5.74) is 2.81. The lowest BCUT2D eigenvalue weighted by Crippen LogP contribution is -2.65. The Morgan fingerprint density at radius 1 is 1.26 bits per heavy atom. The van der Waals surface area contributed by atoms with E-state index in [2.05, 4.69) is 67.2 Å². The Labute approximate surface area is 117 Å². The number of hydrogen-bond acceptors (Lipinski definition) is 3. The molecular weight excluding hydrogens is 234 g/mol. The predicted molar refractivity (Wildman–Crippen MR) is 82.9 cm³/mol. The van der Waals surface area contributed by atoms with E-state index in [1.165, 1.54) is 11.3 Å². The standard InChI is InChI=1S/C16H27N3/c1-13-6-8-14(9-7-13)19-15(10-17-4)11-18(5)12-16(19,2)3/h6-9,15,17H,10-12H2,1-5H3. The zero-order chi connectivity index (χ0) is 14.0. The first-order chi connectivity index (χ1) is 8.94. The van der Waals surface area contributed by atoms with E-state index in [4.69, 9.17) is 0 Å². The van der Waals surface area contributed by atoms with E-state index in [1.54, 1.807) is 0 Å². The Morgan fingerprint density at radius 2 is 1.89 bits per heavy atom. The van der Waals surface area contributed by atoms with Crippen molar-refractivity contribution >= 4 is 5.69 Å². The van der Waals surface area contributed by atoms with Crippen LogP contribution in [0.1, 0.15) is 19.4 Å². The van der Waals surface area contributed by atoms with Crippen molar-refractivity contribution in [3.8, 4) is 0 Å². The van der Waals surface area contributed by atoms with Crippen LogP contribution in [-0.4, -0.2) is 50.2 Å². The molecule has 0 bridgehead atoms. The Morgan fingerprint density at radius 3 is 2.47 bits per heavy atom. The van der Waals surface area contributed by atoms with E-state index >= 15 is 0 Å². The van der Waals surface area contributed by atoms with Crippen molar-refractivity contribution < 1.29 is 0 Å². The molecular formula is C16H27N3. The number of piperazine rings is 1. The zero-order valence-corrected chi connectivity index (χ0v) is 12.9. The maximum Gasteiger partial charge on any atom is 0.0547 e. The second-order valence-electron chi connectivity index (χ2n) is 6.43. The Bertz CT molecular complexity index is 411. The van der Waals surface area contributed by atoms with Gasteiger partial charge in [-0.05, 0) is 47.0 Å². The lowest BCUT2D eigenvalue weighted by molar-refractivity contribution is 0.179. The number of rotatable bonds is 3. The lowest BCUT2D eigenvalue weighted by atomic mass is 9.93. The van der Waals surface area contributed by atoms with E-state index in [0.29, 0.717) is 6.04 Å². The molecule has 1 aromatic rings. The minimum Gasteiger partial charge on any atom is -0.360 e. The highest BCUT2D eigenvalue weighted by atomic mass is 15.3. The molecule has 1 aromatic carbocycles. The van der Waals surface area contributed by atoms with Crippen LogP contribution in [0.15, 0.2) is 24.3 Å². The van der Waals surface area contributed by atoms with Crippen molar-refractivity contribution in [1.82, 2.24) is 10.2 Å². The first-order valence-electron chi connectivity index (χ1n) is 7.13. The highest BCUT2D eigenvalue weighted by Crippen LogP contribution is 2.31. The van der Waals surface area contributed by atoms with Crippen molar-refractivity contribution in [3.05, 3.63) is 29.8 Å². The van der Waals surface area contributed by atoms with Gasteiger partial charge in [0.1, 0.15) is 0 Å². The zero-order valence-electron chi connectivity index (χ0n) is 12.9. The molecule has 1 aliphatic rings. The molecule has 0 spiro atoms. The second-order valence-corrected chi connectivity index (χ2v) is 6.43. The molecule has 3 nitrogen and oxygen atoms in total. The fourth-order valence-electron chi connectivity index (χ4n) is 3.39. The van der Waals surface area contributed by atoms with Crippen LogP contribution in [0.4, 0.5) is 5.69 Å². The number of benzene rings is 1. The van der Waals surface area contributed by atoms with E-state index < -0.39 is 0 Å². The lowest BCUT2D eigenvalue weighted by Gasteiger charge is -2.52. The van der Waals surface area contributed by atoms with Crippen LogP contribution in [0.25, 0.3) is 0 Å². The molecule has 1 heterocycles. The predicted octanol–water partition coefficient (Wildman–Crippen LogP) is 2.11. The summed E-state index contributed by atoms with van der Waals surface area (Å²) < 4.78 is 0. The van der Waals surface area contributed by atoms with Crippen LogP contribution in [0.2, 0.25) is 0 Å². The largest absolute Gasteiger partial charge is 0.360 e. The van der Waals surface area contributed by atoms with E-state index in [9.17, 15) is 0 Å². The molecule has 1 atom stereocenters. The van der Waals surface area contributed by atoms with Crippen LogP contribution in [0.5, 0.6) is 0 Å². The van der Waals surface area contributed by atoms with Gasteiger partial charge in [-0.1, -0.05) is 17.7 Å². The van der Waals surface area contributed by atoms with Gasteiger partial charge in [0.25, 0.3) is 0 Å². The van der Waals surface area contributed by atoms with Gasteiger partial charge < -0.3 is 15.1 Å². The summed E-state index contributed by atoms with van der Waals surface area (Å²) in [7, 11) is 4.26. The molecule has 1 saturated heterocycles. The molecule has 0 aliphatic carbocycles. The minimum atomic E-state index is 0.157. The van der Waals surface area contributed by atoms with E-state index in [-0.39, 0.29) is 5.54 Å². The molecule has 1 aliphatic heterocycles. The Balaban J connectivity index is 2.33. The second kappa shape index (κ2) is 5.51. The van der Waals surface area contributed by atoms with Gasteiger partial charge in [-0.15, -0.1) is 0 Å². The van der Waals surface area contributed by atoms with Gasteiger partial charge >= 0.3 is 0 Å². The van der Waals surface area contributed by atoms with Crippen molar-refractivity contribution in [2.45, 2.75) is 32.4 Å². The van der Waals surface area contributed by atoms with Crippen LogP contribution < -0.4 is 10.2 Å². The maximum absolute atomic E-state index is 3.34. The highest BCUT2D eigenvalue weighted by molar-refractivity contribution is 5.52. The van der Waals surface area contributed by atoms with Gasteiger partial charge in [-0.3, -0.25) is 0 Å². The smallest absolute Gasteiger partial charge is 0.0547 e. The third kappa shape index (κ3) is 3.10. The Hall–Kier alpha value is -1.06. The van der Waals surface area contributed by atoms with Crippen LogP contribution in [0, 0.1) is 6.92 Å². The highest BCUT2D eigenvalue weighted by Gasteiger charge is 2.38. The quantitative estimate of drug-likeness (QED) is 0.899. The number of hydrogen-bond donors (Lipinski definition) is 1. The van der Waals surface area contributed by atoms with Crippen LogP contribution in [-0.2, 0) is 0 Å². The van der Waals surface area contributed by atoms with E-state index in [1.807, 2.05) is 7.05 Å². The summed E-state index contributed by atoms with van der Waals surface area (Å²) >= 11 is 0. The molecule has 2 rings (SSSR count). The molecule has 0 aromatic heterocycles. The molecule has 0 amide bonds. The number of nitrogens with one attached hydrogen (secondary N) is 1. The van der Waals surface area contributed by atoms with Gasteiger partial charge in [0.15, 0.2) is 0 Å². The fourth-order valence-corrected chi connectivity index (χ4v) is 3.39. The van der Waals surface area contributed by atoms with Crippen molar-refractivity contribution in [1.29, 1.82) is 0 Å². The van der Waals surface area contributed by atoms with Gasteiger partial charge in [0.2, 0.25) is 0 Å².